The maximum absolute atomic E-state index is 12.3. The highest BCUT2D eigenvalue weighted by Gasteiger charge is 2.31. The molecule has 1 aliphatic heterocycles. The number of benzene rings is 2. The largest absolute Gasteiger partial charge is 0.504 e. The summed E-state index contributed by atoms with van der Waals surface area (Å²) >= 11 is 5.71. The Morgan fingerprint density at radius 2 is 1.97 bits per heavy atom. The van der Waals surface area contributed by atoms with Gasteiger partial charge in [0.25, 0.3) is 5.91 Å². The van der Waals surface area contributed by atoms with Crippen LogP contribution in [0.15, 0.2) is 59.7 Å². The summed E-state index contributed by atoms with van der Waals surface area (Å²) in [6.07, 6.45) is 0.0121. The molecule has 1 amide bonds. The van der Waals surface area contributed by atoms with Crippen molar-refractivity contribution in [1.29, 1.82) is 0 Å². The Labute approximate surface area is 212 Å². The first-order chi connectivity index (χ1) is 17.4. The number of halogens is 1. The van der Waals surface area contributed by atoms with Crippen molar-refractivity contribution in [2.75, 3.05) is 12.4 Å². The lowest BCUT2D eigenvalue weighted by Crippen LogP contribution is -2.45. The highest BCUT2D eigenvalue weighted by atomic mass is 35.5. The molecule has 0 aliphatic carbocycles. The second kappa shape index (κ2) is 11.1. The zero-order valence-corrected chi connectivity index (χ0v) is 20.3. The van der Waals surface area contributed by atoms with E-state index in [4.69, 9.17) is 26.2 Å². The second-order valence-electron chi connectivity index (χ2n) is 7.92. The Hall–Kier alpha value is -4.02. The van der Waals surface area contributed by atoms with E-state index in [1.165, 1.54) is 19.2 Å². The lowest BCUT2D eigenvalue weighted by atomic mass is 10.0. The first-order valence-electron chi connectivity index (χ1n) is 11.1. The molecule has 10 nitrogen and oxygen atoms in total. The number of hydrazone groups is 1. The Morgan fingerprint density at radius 3 is 2.58 bits per heavy atom. The predicted molar refractivity (Wildman–Crippen MR) is 133 cm³/mol. The average molecular weight is 510 g/mol. The minimum Gasteiger partial charge on any atom is -0.504 e. The summed E-state index contributed by atoms with van der Waals surface area (Å²) < 4.78 is 11.1. The number of aromatic nitrogens is 2. The lowest BCUT2D eigenvalue weighted by Gasteiger charge is -2.35. The third-order valence-corrected chi connectivity index (χ3v) is 5.72. The standard InChI is InChI=1S/C25H24ClN5O5/c1-3-20-24(16-6-10-21(35-2)19(33)12-16)30-31(23(14-32)36-20)13-15-4-7-17(8-5-15)27-25(34)18-9-11-22(26)29-28-18/h4-12,14,20,23,33H,3,13H2,1-2H3,(H,27,34). The molecule has 2 aromatic carbocycles. The van der Waals surface area contributed by atoms with Crippen molar-refractivity contribution in [2.45, 2.75) is 32.2 Å². The second-order valence-corrected chi connectivity index (χ2v) is 8.31. The average Bonchev–Trinajstić information content (AvgIpc) is 2.89. The van der Waals surface area contributed by atoms with Gasteiger partial charge in [-0.3, -0.25) is 14.6 Å². The number of phenols is 1. The van der Waals surface area contributed by atoms with Gasteiger partial charge in [-0.25, -0.2) is 0 Å². The van der Waals surface area contributed by atoms with Crippen LogP contribution in [0.25, 0.3) is 0 Å². The summed E-state index contributed by atoms with van der Waals surface area (Å²) in [5.74, 6) is -0.0826. The van der Waals surface area contributed by atoms with Gasteiger partial charge >= 0.3 is 0 Å². The molecular formula is C25H24ClN5O5. The topological polar surface area (TPSA) is 126 Å². The zero-order chi connectivity index (χ0) is 25.7. The molecule has 2 heterocycles. The van der Waals surface area contributed by atoms with E-state index in [-0.39, 0.29) is 23.1 Å². The van der Waals surface area contributed by atoms with Crippen LogP contribution in [0, 0.1) is 0 Å². The minimum atomic E-state index is -0.867. The van der Waals surface area contributed by atoms with E-state index in [0.29, 0.717) is 35.4 Å². The van der Waals surface area contributed by atoms with Crippen molar-refractivity contribution < 1.29 is 24.2 Å². The number of aldehydes is 1. The van der Waals surface area contributed by atoms with Crippen LogP contribution >= 0.6 is 11.6 Å². The molecule has 1 aliphatic rings. The summed E-state index contributed by atoms with van der Waals surface area (Å²) in [5.41, 5.74) is 2.80. The highest BCUT2D eigenvalue weighted by molar-refractivity contribution is 6.29. The van der Waals surface area contributed by atoms with Crippen molar-refractivity contribution in [3.05, 3.63) is 76.6 Å². The Kier molecular flexibility index (Phi) is 7.77. The van der Waals surface area contributed by atoms with Gasteiger partial charge < -0.3 is 19.9 Å². The summed E-state index contributed by atoms with van der Waals surface area (Å²) in [7, 11) is 1.48. The molecular weight excluding hydrogens is 486 g/mol. The van der Waals surface area contributed by atoms with Crippen LogP contribution in [-0.4, -0.2) is 57.7 Å². The Balaban J connectivity index is 1.52. The first-order valence-corrected chi connectivity index (χ1v) is 11.5. The van der Waals surface area contributed by atoms with E-state index in [1.54, 1.807) is 35.3 Å². The molecule has 0 saturated heterocycles. The number of nitrogens with one attached hydrogen (secondary N) is 1. The number of amides is 1. The fraction of sp³-hybridized carbons (Fsp3) is 0.240. The number of ether oxygens (including phenoxy) is 2. The van der Waals surface area contributed by atoms with Crippen LogP contribution in [0.4, 0.5) is 5.69 Å². The molecule has 2 atom stereocenters. The number of carbonyl (C=O) groups is 2. The van der Waals surface area contributed by atoms with Gasteiger partial charge in [-0.15, -0.1) is 10.2 Å². The number of carbonyl (C=O) groups excluding carboxylic acids is 2. The van der Waals surface area contributed by atoms with Gasteiger partial charge in [0, 0.05) is 11.3 Å². The van der Waals surface area contributed by atoms with Gasteiger partial charge in [-0.05, 0) is 54.4 Å². The van der Waals surface area contributed by atoms with Gasteiger partial charge in [-0.2, -0.15) is 5.10 Å². The molecule has 11 heteroatoms. The van der Waals surface area contributed by atoms with Crippen LogP contribution in [0.1, 0.15) is 35.0 Å². The number of phenolic OH excluding ortho intramolecular Hbond substituents is 1. The smallest absolute Gasteiger partial charge is 0.276 e. The molecule has 3 aromatic rings. The van der Waals surface area contributed by atoms with Gasteiger partial charge in [0.15, 0.2) is 28.6 Å². The summed E-state index contributed by atoms with van der Waals surface area (Å²) in [6, 6.07) is 15.1. The number of hydrogen-bond acceptors (Lipinski definition) is 9. The summed E-state index contributed by atoms with van der Waals surface area (Å²) in [4.78, 5) is 24.1. The summed E-state index contributed by atoms with van der Waals surface area (Å²) in [5, 5.41) is 26.9. The molecule has 2 unspecified atom stereocenters. The molecule has 0 spiro atoms. The Bertz CT molecular complexity index is 1270. The monoisotopic (exact) mass is 509 g/mol. The molecule has 0 fully saturated rings. The van der Waals surface area contributed by atoms with Crippen molar-refractivity contribution in [3.8, 4) is 11.5 Å². The van der Waals surface area contributed by atoms with Crippen LogP contribution in [-0.2, 0) is 16.1 Å². The normalized spacial score (nSPS) is 17.3. The summed E-state index contributed by atoms with van der Waals surface area (Å²) in [6.45, 7) is 2.21. The van der Waals surface area contributed by atoms with Crippen LogP contribution in [0.5, 0.6) is 11.5 Å². The molecule has 0 bridgehead atoms. The van der Waals surface area contributed by atoms with E-state index in [2.05, 4.69) is 15.5 Å². The van der Waals surface area contributed by atoms with E-state index in [1.807, 2.05) is 19.1 Å². The molecule has 186 valence electrons. The lowest BCUT2D eigenvalue weighted by molar-refractivity contribution is -0.139. The highest BCUT2D eigenvalue weighted by Crippen LogP contribution is 2.29. The fourth-order valence-electron chi connectivity index (χ4n) is 3.69. The van der Waals surface area contributed by atoms with Crippen molar-refractivity contribution >= 4 is 35.2 Å². The van der Waals surface area contributed by atoms with Crippen LogP contribution < -0.4 is 10.1 Å². The molecule has 4 rings (SSSR count). The number of methoxy groups -OCH3 is 1. The number of anilines is 1. The molecule has 0 saturated carbocycles. The van der Waals surface area contributed by atoms with Crippen LogP contribution in [0.3, 0.4) is 0 Å². The van der Waals surface area contributed by atoms with Gasteiger partial charge in [0.1, 0.15) is 6.10 Å². The van der Waals surface area contributed by atoms with E-state index < -0.39 is 18.2 Å². The predicted octanol–water partition coefficient (Wildman–Crippen LogP) is 3.64. The maximum atomic E-state index is 12.3. The maximum Gasteiger partial charge on any atom is 0.276 e. The minimum absolute atomic E-state index is 0.0150. The van der Waals surface area contributed by atoms with Crippen LogP contribution in [0.2, 0.25) is 5.15 Å². The third kappa shape index (κ3) is 5.61. The molecule has 36 heavy (non-hydrogen) atoms. The van der Waals surface area contributed by atoms with Crippen molar-refractivity contribution in [3.63, 3.8) is 0 Å². The Morgan fingerprint density at radius 1 is 1.19 bits per heavy atom. The third-order valence-electron chi connectivity index (χ3n) is 5.52. The molecule has 0 radical (unpaired) electrons. The number of aromatic hydroxyl groups is 1. The number of nitrogens with zero attached hydrogens (tertiary/aromatic N) is 4. The SMILES string of the molecule is CCC1OC(C=O)N(Cc2ccc(NC(=O)c3ccc(Cl)nn3)cc2)N=C1c1ccc(OC)c(O)c1. The van der Waals surface area contributed by atoms with E-state index in [0.717, 1.165) is 5.56 Å². The molecule has 1 aromatic heterocycles. The fourth-order valence-corrected chi connectivity index (χ4v) is 3.79. The van der Waals surface area contributed by atoms with Gasteiger partial charge in [0.05, 0.1) is 19.4 Å². The van der Waals surface area contributed by atoms with Gasteiger partial charge in [0.2, 0.25) is 6.23 Å². The van der Waals surface area contributed by atoms with Gasteiger partial charge in [-0.1, -0.05) is 30.7 Å². The van der Waals surface area contributed by atoms with E-state index >= 15 is 0 Å². The van der Waals surface area contributed by atoms with Crippen molar-refractivity contribution in [1.82, 2.24) is 15.2 Å². The quantitative estimate of drug-likeness (QED) is 0.441. The number of rotatable bonds is 8. The molecule has 2 N–H and O–H groups in total. The zero-order valence-electron chi connectivity index (χ0n) is 19.6. The van der Waals surface area contributed by atoms with Crippen molar-refractivity contribution in [2.24, 2.45) is 5.10 Å². The first kappa shape index (κ1) is 25.1. The van der Waals surface area contributed by atoms with E-state index in [9.17, 15) is 14.7 Å². The number of hydrogen-bond donors (Lipinski definition) is 2.